The predicted molar refractivity (Wildman–Crippen MR) is 134 cm³/mol. The van der Waals surface area contributed by atoms with Gasteiger partial charge in [-0.05, 0) is 0 Å². The van der Waals surface area contributed by atoms with Gasteiger partial charge in [0.1, 0.15) is 0 Å². The molecule has 166 valence electrons. The zero-order chi connectivity index (χ0) is 22.8. The van der Waals surface area contributed by atoms with E-state index in [4.69, 9.17) is 11.5 Å². The van der Waals surface area contributed by atoms with Crippen LogP contribution in [0.2, 0.25) is 0 Å². The Morgan fingerprint density at radius 3 is 1.42 bits per heavy atom. The average Bonchev–Trinajstić information content (AvgIpc) is 2.79. The molecule has 0 spiro atoms. The van der Waals surface area contributed by atoms with Gasteiger partial charge in [0.2, 0.25) is 0 Å². The van der Waals surface area contributed by atoms with Gasteiger partial charge >= 0.3 is 218 Å². The van der Waals surface area contributed by atoms with Crippen molar-refractivity contribution in [1.29, 1.82) is 0 Å². The zero-order valence-electron chi connectivity index (χ0n) is 16.9. The molecule has 2 aromatic carbocycles. The van der Waals surface area contributed by atoms with E-state index in [9.17, 15) is 0 Å². The van der Waals surface area contributed by atoms with E-state index >= 15 is 0 Å². The van der Waals surface area contributed by atoms with Crippen LogP contribution in [0.15, 0.2) is 93.2 Å². The van der Waals surface area contributed by atoms with Crippen molar-refractivity contribution in [2.75, 3.05) is 0 Å². The summed E-state index contributed by atoms with van der Waals surface area (Å²) in [4.78, 5) is 8.76. The molecule has 11 heteroatoms. The molecule has 2 aromatic heterocycles. The Bertz CT molecular complexity index is 1230. The number of aromatic nitrogens is 2. The molecule has 8 nitrogen and oxygen atoms in total. The number of benzene rings is 2. The normalized spacial score (nSPS) is 12.0. The van der Waals surface area contributed by atoms with E-state index in [-0.39, 0.29) is 26.0 Å². The van der Waals surface area contributed by atoms with Crippen LogP contribution in [0, 0.1) is 0 Å². The molecule has 0 saturated heterocycles. The number of fused-ring (bicyclic) bond motifs is 2. The predicted octanol–water partition coefficient (Wildman–Crippen LogP) is 4.29. The van der Waals surface area contributed by atoms with Crippen LogP contribution in [-0.4, -0.2) is 63.9 Å². The number of hydrogen-bond acceptors (Lipinski definition) is 6. The van der Waals surface area contributed by atoms with Crippen LogP contribution in [0.4, 0.5) is 0 Å². The fourth-order valence-corrected chi connectivity index (χ4v) is 2.79. The first-order valence-corrected chi connectivity index (χ1v) is 10.9. The Balaban J connectivity index is 0.000000227. The van der Waals surface area contributed by atoms with Gasteiger partial charge in [-0.15, -0.1) is 0 Å². The van der Waals surface area contributed by atoms with E-state index in [1.54, 1.807) is 0 Å². The van der Waals surface area contributed by atoms with Crippen molar-refractivity contribution in [2.24, 2.45) is 20.4 Å². The van der Waals surface area contributed by atoms with Crippen molar-refractivity contribution in [3.63, 3.8) is 0 Å². The summed E-state index contributed by atoms with van der Waals surface area (Å²) in [6, 6.07) is 23.4. The molecule has 0 amide bonds. The molecule has 4 rings (SSSR count). The number of hydrogen-bond donors (Lipinski definition) is 0. The summed E-state index contributed by atoms with van der Waals surface area (Å²) in [5.74, 6) is 0. The number of para-hydroxylation sites is 2. The molecule has 0 aliphatic heterocycles. The number of rotatable bonds is 4. The van der Waals surface area contributed by atoms with Crippen molar-refractivity contribution in [3.8, 4) is 0 Å². The quantitative estimate of drug-likeness (QED) is 0.148. The molecule has 0 fully saturated rings. The molecule has 0 unspecified atom stereocenters. The minimum Gasteiger partial charge on any atom is 2.00 e. The first kappa shape index (κ1) is 26.3. The van der Waals surface area contributed by atoms with Crippen LogP contribution in [0.1, 0.15) is 11.4 Å². The fourth-order valence-electron chi connectivity index (χ4n) is 2.59. The number of nitrogens with one attached hydrogen (secondary N) is 2. The number of amidine groups is 2. The van der Waals surface area contributed by atoms with Crippen LogP contribution in [0.25, 0.3) is 33.3 Å². The van der Waals surface area contributed by atoms with Gasteiger partial charge in [0.05, 0.1) is 0 Å². The van der Waals surface area contributed by atoms with Crippen LogP contribution < -0.4 is 0 Å². The van der Waals surface area contributed by atoms with E-state index < -0.39 is 0 Å². The summed E-state index contributed by atoms with van der Waals surface area (Å²) in [5.41, 5.74) is 17.4. The van der Waals surface area contributed by atoms with Gasteiger partial charge < -0.3 is 0 Å². The SMILES string of the molecule is [NH-]/C([Se])=N/N=C/c1ccc2ccccc2n1.[NH-]/C([Se])=N/N=C/c1ccc2ccccc2n1.[Ni+2]. The molecule has 0 bridgehead atoms. The maximum Gasteiger partial charge on any atom is 2.00 e. The third-order valence-corrected chi connectivity index (χ3v) is 4.26. The Hall–Kier alpha value is -2.93. The van der Waals surface area contributed by atoms with E-state index in [1.807, 2.05) is 72.8 Å². The molecule has 2 N–H and O–H groups in total. The van der Waals surface area contributed by atoms with Gasteiger partial charge in [-0.2, -0.15) is 0 Å². The third kappa shape index (κ3) is 8.85. The van der Waals surface area contributed by atoms with Gasteiger partial charge in [0.15, 0.2) is 0 Å². The molecule has 0 aliphatic rings. The molecule has 4 aromatic rings. The molecule has 2 radical (unpaired) electrons. The number of nitrogens with zero attached hydrogens (tertiary/aromatic N) is 6. The van der Waals surface area contributed by atoms with Crippen LogP contribution in [-0.2, 0) is 16.5 Å². The monoisotopic (exact) mass is 610 g/mol. The van der Waals surface area contributed by atoms with Crippen molar-refractivity contribution in [2.45, 2.75) is 0 Å². The minimum absolute atomic E-state index is 0. The molecule has 0 atom stereocenters. The van der Waals surface area contributed by atoms with Gasteiger partial charge in [0.25, 0.3) is 0 Å². The molecule has 0 aliphatic carbocycles. The standard InChI is InChI=1S/2C11H8N4Se.Ni/c2*12-11(16)15-13-7-9-6-5-8-3-1-2-4-10(8)14-9;/h2*1-7H,(H-,12,15);/q2*-1;+2/b2*13-7+;. The number of pyridine rings is 2. The van der Waals surface area contributed by atoms with Gasteiger partial charge in [0, 0.05) is 0 Å². The molecule has 33 heavy (non-hydrogen) atoms. The van der Waals surface area contributed by atoms with Crippen molar-refractivity contribution in [3.05, 3.63) is 95.7 Å². The van der Waals surface area contributed by atoms with Crippen molar-refractivity contribution >= 4 is 75.7 Å². The summed E-state index contributed by atoms with van der Waals surface area (Å²) in [7, 11) is 0. The smallest absolute Gasteiger partial charge is 2.00 e. The Kier molecular flexibility index (Phi) is 10.8. The third-order valence-electron chi connectivity index (χ3n) is 3.92. The summed E-state index contributed by atoms with van der Waals surface area (Å²) in [5, 5.41) is 16.8. The summed E-state index contributed by atoms with van der Waals surface area (Å²) < 4.78 is 0.106. The van der Waals surface area contributed by atoms with E-state index in [1.165, 1.54) is 12.4 Å². The van der Waals surface area contributed by atoms with Gasteiger partial charge in [-0.1, -0.05) is 0 Å². The summed E-state index contributed by atoms with van der Waals surface area (Å²) in [6.07, 6.45) is 3.05. The second kappa shape index (κ2) is 13.6. The summed E-state index contributed by atoms with van der Waals surface area (Å²) >= 11 is 4.88. The molecule has 2 heterocycles. The maximum atomic E-state index is 7.03. The first-order valence-electron chi connectivity index (χ1n) is 9.22. The van der Waals surface area contributed by atoms with Gasteiger partial charge in [-0.25, -0.2) is 0 Å². The van der Waals surface area contributed by atoms with Crippen molar-refractivity contribution in [1.82, 2.24) is 9.97 Å². The van der Waals surface area contributed by atoms with Crippen molar-refractivity contribution < 1.29 is 16.5 Å². The largest absolute Gasteiger partial charge is 2.00 e. The van der Waals surface area contributed by atoms with E-state index in [2.05, 4.69) is 62.4 Å². The second-order valence-electron chi connectivity index (χ2n) is 6.16. The Morgan fingerprint density at radius 1 is 0.636 bits per heavy atom. The Morgan fingerprint density at radius 2 is 1.03 bits per heavy atom. The fraction of sp³-hybridized carbons (Fsp3) is 0. The summed E-state index contributed by atoms with van der Waals surface area (Å²) in [6.45, 7) is 0. The molecular weight excluding hydrogens is 593 g/mol. The van der Waals surface area contributed by atoms with Crippen LogP contribution >= 0.6 is 0 Å². The Labute approximate surface area is 217 Å². The topological polar surface area (TPSA) is 123 Å². The van der Waals surface area contributed by atoms with Crippen LogP contribution in [0.5, 0.6) is 0 Å². The first-order chi connectivity index (χ1) is 15.5. The van der Waals surface area contributed by atoms with Crippen LogP contribution in [0.3, 0.4) is 0 Å². The van der Waals surface area contributed by atoms with E-state index in [0.29, 0.717) is 0 Å². The van der Waals surface area contributed by atoms with Gasteiger partial charge in [-0.3, -0.25) is 0 Å². The zero-order valence-corrected chi connectivity index (χ0v) is 21.3. The maximum absolute atomic E-state index is 7.03. The molecule has 0 saturated carbocycles. The van der Waals surface area contributed by atoms with E-state index in [0.717, 1.165) is 33.2 Å². The minimum atomic E-state index is 0. The molecular formula is C22H16N8NiSe2. The second-order valence-corrected chi connectivity index (χ2v) is 7.78. The average molecular weight is 609 g/mol.